The van der Waals surface area contributed by atoms with Gasteiger partial charge in [-0.3, -0.25) is 4.98 Å². The van der Waals surface area contributed by atoms with Crippen LogP contribution in [0.25, 0.3) is 0 Å². The van der Waals surface area contributed by atoms with Crippen molar-refractivity contribution >= 4 is 12.4 Å². The Bertz CT molecular complexity index is 368. The van der Waals surface area contributed by atoms with Crippen LogP contribution in [-0.2, 0) is 0 Å². The summed E-state index contributed by atoms with van der Waals surface area (Å²) >= 11 is 0. The molecule has 1 rings (SSSR count). The van der Waals surface area contributed by atoms with Crippen molar-refractivity contribution in [3.63, 3.8) is 0 Å². The van der Waals surface area contributed by atoms with E-state index in [9.17, 15) is 26.1 Å². The van der Waals surface area contributed by atoms with Gasteiger partial charge >= 0.3 is 64.5 Å². The monoisotopic (exact) mass is 283 g/mol. The zero-order chi connectivity index (χ0) is 12.4. The van der Waals surface area contributed by atoms with Crippen LogP contribution in [0.1, 0.15) is 0 Å². The first kappa shape index (κ1) is 17.2. The van der Waals surface area contributed by atoms with Crippen molar-refractivity contribution in [2.75, 3.05) is 6.61 Å². The number of ether oxygens (including phenoxy) is 1. The van der Waals surface area contributed by atoms with E-state index in [4.69, 9.17) is 0 Å². The van der Waals surface area contributed by atoms with Gasteiger partial charge in [0.15, 0.2) is 6.61 Å². The molecule has 90 valence electrons. The Labute approximate surface area is 135 Å². The van der Waals surface area contributed by atoms with Crippen LogP contribution < -0.4 is 61.6 Å². The molecule has 17 heavy (non-hydrogen) atoms. The smallest absolute Gasteiger partial charge is 0.483 e. The van der Waals surface area contributed by atoms with Crippen molar-refractivity contribution in [1.82, 2.24) is 4.98 Å². The van der Waals surface area contributed by atoms with E-state index in [1.54, 1.807) is 0 Å². The summed E-state index contributed by atoms with van der Waals surface area (Å²) in [5, 5.41) is 0. The van der Waals surface area contributed by atoms with Crippen LogP contribution in [-0.4, -0.2) is 24.7 Å². The molecule has 0 unspecified atom stereocenters. The Kier molecular flexibility index (Phi) is 6.50. The molecule has 0 aromatic carbocycles. The largest absolute Gasteiger partial charge is 1.00 e. The molecule has 1 aromatic heterocycles. The van der Waals surface area contributed by atoms with Crippen LogP contribution in [0.4, 0.5) is 26.1 Å². The minimum Gasteiger partial charge on any atom is -0.483 e. The van der Waals surface area contributed by atoms with Gasteiger partial charge in [-0.05, 0) is 6.07 Å². The molecule has 0 aliphatic carbocycles. The third-order valence-corrected chi connectivity index (χ3v) is 1.51. The van der Waals surface area contributed by atoms with Gasteiger partial charge in [0.2, 0.25) is 0 Å². The molecule has 0 aliphatic heterocycles. The number of rotatable bonds is 3. The second-order valence-electron chi connectivity index (χ2n) is 2.93. The van der Waals surface area contributed by atoms with E-state index < -0.39 is 31.0 Å². The summed E-state index contributed by atoms with van der Waals surface area (Å²) in [6.45, 7) is -6.94. The first-order valence-electron chi connectivity index (χ1n) is 4.03. The predicted molar refractivity (Wildman–Crippen MR) is 44.5 cm³/mol. The predicted octanol–water partition coefficient (Wildman–Crippen LogP) is -0.919. The number of halogens is 6. The van der Waals surface area contributed by atoms with Gasteiger partial charge in [-0.1, -0.05) is 5.46 Å². The summed E-state index contributed by atoms with van der Waals surface area (Å²) in [6.07, 6.45) is -3.28. The quantitative estimate of drug-likeness (QED) is 0.529. The van der Waals surface area contributed by atoms with Crippen molar-refractivity contribution in [3.05, 3.63) is 18.5 Å². The number of pyridine rings is 1. The van der Waals surface area contributed by atoms with Crippen molar-refractivity contribution in [2.45, 2.75) is 6.18 Å². The number of aromatic nitrogens is 1. The van der Waals surface area contributed by atoms with Crippen molar-refractivity contribution < 1.29 is 82.2 Å². The molecule has 0 bridgehead atoms. The van der Waals surface area contributed by atoms with Crippen LogP contribution in [0, 0.1) is 0 Å². The van der Waals surface area contributed by atoms with Crippen molar-refractivity contribution in [2.24, 2.45) is 0 Å². The molecule has 0 fully saturated rings. The fourth-order valence-electron chi connectivity index (χ4n) is 0.859. The van der Waals surface area contributed by atoms with Gasteiger partial charge in [-0.2, -0.15) is 13.2 Å². The van der Waals surface area contributed by atoms with Crippen LogP contribution in [0.2, 0.25) is 0 Å². The van der Waals surface area contributed by atoms with E-state index in [-0.39, 0.29) is 51.4 Å². The number of hydrogen-bond acceptors (Lipinski definition) is 2. The van der Waals surface area contributed by atoms with Crippen LogP contribution in [0.3, 0.4) is 0 Å². The molecular formula is C7H5BF6KNO. The van der Waals surface area contributed by atoms with Crippen molar-refractivity contribution in [3.8, 4) is 5.75 Å². The van der Waals surface area contributed by atoms with Gasteiger partial charge in [-0.25, -0.2) is 0 Å². The van der Waals surface area contributed by atoms with E-state index in [1.165, 1.54) is 0 Å². The molecule has 0 aliphatic rings. The van der Waals surface area contributed by atoms with E-state index >= 15 is 0 Å². The third kappa shape index (κ3) is 6.65. The van der Waals surface area contributed by atoms with Gasteiger partial charge in [0.1, 0.15) is 5.75 Å². The first-order chi connectivity index (χ1) is 7.18. The normalized spacial score (nSPS) is 11.9. The van der Waals surface area contributed by atoms with Crippen LogP contribution in [0.15, 0.2) is 18.5 Å². The maximum absolute atomic E-state index is 12.2. The fourth-order valence-corrected chi connectivity index (χ4v) is 0.859. The van der Waals surface area contributed by atoms with Gasteiger partial charge in [0.25, 0.3) is 0 Å². The van der Waals surface area contributed by atoms with Gasteiger partial charge in [0.05, 0.1) is 6.20 Å². The molecule has 0 spiro atoms. The van der Waals surface area contributed by atoms with E-state index in [2.05, 4.69) is 9.72 Å². The van der Waals surface area contributed by atoms with E-state index in [0.29, 0.717) is 12.3 Å². The number of alkyl halides is 3. The van der Waals surface area contributed by atoms with Gasteiger partial charge in [-0.15, -0.1) is 0 Å². The Morgan fingerprint density at radius 1 is 1.18 bits per heavy atom. The molecule has 0 saturated heterocycles. The molecule has 0 radical (unpaired) electrons. The molecule has 0 atom stereocenters. The maximum Gasteiger partial charge on any atom is 1.00 e. The molecule has 0 saturated carbocycles. The average molecular weight is 283 g/mol. The maximum atomic E-state index is 12.2. The Balaban J connectivity index is 0.00000256. The summed E-state index contributed by atoms with van der Waals surface area (Å²) in [5.41, 5.74) is -1.10. The second kappa shape index (κ2) is 6.41. The molecular weight excluding hydrogens is 278 g/mol. The van der Waals surface area contributed by atoms with Gasteiger partial charge in [0, 0.05) is 6.20 Å². The summed E-state index contributed by atoms with van der Waals surface area (Å²) in [5.74, 6) is -0.561. The second-order valence-corrected chi connectivity index (χ2v) is 2.93. The SMILES string of the molecule is F[B-](F)(F)c1cncc(OCC(F)(F)F)c1.[K+]. The average Bonchev–Trinajstić information content (AvgIpc) is 2.13. The molecule has 0 amide bonds. The third-order valence-electron chi connectivity index (χ3n) is 1.51. The molecule has 0 N–H and O–H groups in total. The Morgan fingerprint density at radius 2 is 1.76 bits per heavy atom. The molecule has 1 heterocycles. The molecule has 10 heteroatoms. The minimum absolute atomic E-state index is 0. The van der Waals surface area contributed by atoms with E-state index in [1.807, 2.05) is 0 Å². The summed E-state index contributed by atoms with van der Waals surface area (Å²) in [7, 11) is 0. The zero-order valence-corrected chi connectivity index (χ0v) is 11.8. The van der Waals surface area contributed by atoms with Crippen molar-refractivity contribution in [1.29, 1.82) is 0 Å². The van der Waals surface area contributed by atoms with E-state index in [0.717, 1.165) is 6.20 Å². The fraction of sp³-hybridized carbons (Fsp3) is 0.286. The Morgan fingerprint density at radius 3 is 2.24 bits per heavy atom. The number of nitrogens with zero attached hydrogens (tertiary/aromatic N) is 1. The topological polar surface area (TPSA) is 22.1 Å². The van der Waals surface area contributed by atoms with Crippen LogP contribution >= 0.6 is 0 Å². The van der Waals surface area contributed by atoms with Crippen LogP contribution in [0.5, 0.6) is 5.75 Å². The Hall–Kier alpha value is 0.231. The standard InChI is InChI=1S/C7H5BF6NO.K/c9-7(10,11)4-16-6-1-5(2-15-3-6)8(12,13)14;/h1-3H,4H2;/q-1;+1. The first-order valence-corrected chi connectivity index (χ1v) is 4.03. The minimum atomic E-state index is -5.29. The summed E-state index contributed by atoms with van der Waals surface area (Å²) in [4.78, 5) is 3.16. The molecule has 2 nitrogen and oxygen atoms in total. The number of hydrogen-bond donors (Lipinski definition) is 0. The van der Waals surface area contributed by atoms with Gasteiger partial charge < -0.3 is 17.7 Å². The summed E-state index contributed by atoms with van der Waals surface area (Å²) in [6, 6.07) is 0.485. The summed E-state index contributed by atoms with van der Waals surface area (Å²) < 4.78 is 75.8. The zero-order valence-electron chi connectivity index (χ0n) is 8.64. The molecule has 1 aromatic rings.